The SMILES string of the molecule is CC(C)c1ccc(C(=O)N[C@H]2CCCc3ccccc32)cc1. The van der Waals surface area contributed by atoms with Crippen LogP contribution >= 0.6 is 0 Å². The van der Waals surface area contributed by atoms with Crippen LogP contribution in [0.25, 0.3) is 0 Å². The molecule has 0 saturated heterocycles. The van der Waals surface area contributed by atoms with Crippen molar-refractivity contribution in [2.45, 2.75) is 45.1 Å². The van der Waals surface area contributed by atoms with Crippen LogP contribution in [-0.4, -0.2) is 5.91 Å². The molecule has 0 aromatic heterocycles. The summed E-state index contributed by atoms with van der Waals surface area (Å²) < 4.78 is 0. The largest absolute Gasteiger partial charge is 0.345 e. The van der Waals surface area contributed by atoms with Crippen molar-refractivity contribution in [3.05, 3.63) is 70.8 Å². The van der Waals surface area contributed by atoms with E-state index in [4.69, 9.17) is 0 Å². The van der Waals surface area contributed by atoms with Crippen LogP contribution in [0.3, 0.4) is 0 Å². The zero-order chi connectivity index (χ0) is 15.5. The molecule has 2 aromatic rings. The lowest BCUT2D eigenvalue weighted by atomic mass is 9.87. The van der Waals surface area contributed by atoms with Crippen LogP contribution in [0.5, 0.6) is 0 Å². The molecule has 0 heterocycles. The van der Waals surface area contributed by atoms with Crippen molar-refractivity contribution in [3.63, 3.8) is 0 Å². The second-order valence-electron chi connectivity index (χ2n) is 6.39. The molecular weight excluding hydrogens is 270 g/mol. The number of hydrogen-bond acceptors (Lipinski definition) is 1. The smallest absolute Gasteiger partial charge is 0.251 e. The van der Waals surface area contributed by atoms with Crippen molar-refractivity contribution in [2.24, 2.45) is 0 Å². The molecular formula is C20H23NO. The number of carbonyl (C=O) groups excluding carboxylic acids is 1. The zero-order valence-corrected chi connectivity index (χ0v) is 13.3. The zero-order valence-electron chi connectivity index (χ0n) is 13.3. The number of carbonyl (C=O) groups is 1. The van der Waals surface area contributed by atoms with E-state index >= 15 is 0 Å². The fourth-order valence-corrected chi connectivity index (χ4v) is 3.16. The monoisotopic (exact) mass is 293 g/mol. The Labute approximate surface area is 132 Å². The first-order valence-electron chi connectivity index (χ1n) is 8.14. The fraction of sp³-hybridized carbons (Fsp3) is 0.350. The molecule has 2 nitrogen and oxygen atoms in total. The van der Waals surface area contributed by atoms with Crippen LogP contribution in [-0.2, 0) is 6.42 Å². The third-order valence-corrected chi connectivity index (χ3v) is 4.51. The maximum Gasteiger partial charge on any atom is 0.251 e. The van der Waals surface area contributed by atoms with E-state index in [1.165, 1.54) is 16.7 Å². The van der Waals surface area contributed by atoms with E-state index in [2.05, 4.69) is 43.4 Å². The van der Waals surface area contributed by atoms with E-state index in [9.17, 15) is 4.79 Å². The van der Waals surface area contributed by atoms with E-state index < -0.39 is 0 Å². The van der Waals surface area contributed by atoms with Gasteiger partial charge in [-0.05, 0) is 54.0 Å². The molecule has 0 fully saturated rings. The van der Waals surface area contributed by atoms with Crippen LogP contribution < -0.4 is 5.32 Å². The van der Waals surface area contributed by atoms with E-state index in [-0.39, 0.29) is 11.9 Å². The van der Waals surface area contributed by atoms with Gasteiger partial charge in [0, 0.05) is 5.56 Å². The Hall–Kier alpha value is -2.09. The fourth-order valence-electron chi connectivity index (χ4n) is 3.16. The highest BCUT2D eigenvalue weighted by Gasteiger charge is 2.21. The van der Waals surface area contributed by atoms with Gasteiger partial charge in [-0.25, -0.2) is 0 Å². The molecule has 1 aliphatic rings. The minimum absolute atomic E-state index is 0.0250. The minimum atomic E-state index is 0.0250. The lowest BCUT2D eigenvalue weighted by Gasteiger charge is -2.26. The molecule has 1 amide bonds. The van der Waals surface area contributed by atoms with Crippen LogP contribution in [0.4, 0.5) is 0 Å². The Morgan fingerprint density at radius 2 is 1.82 bits per heavy atom. The highest BCUT2D eigenvalue weighted by molar-refractivity contribution is 5.94. The first-order valence-corrected chi connectivity index (χ1v) is 8.14. The molecule has 1 aliphatic carbocycles. The first-order chi connectivity index (χ1) is 10.6. The summed E-state index contributed by atoms with van der Waals surface area (Å²) in [6, 6.07) is 16.5. The lowest BCUT2D eigenvalue weighted by molar-refractivity contribution is 0.0932. The average Bonchev–Trinajstić information content (AvgIpc) is 2.55. The van der Waals surface area contributed by atoms with Crippen molar-refractivity contribution in [2.75, 3.05) is 0 Å². The van der Waals surface area contributed by atoms with E-state index in [1.54, 1.807) is 0 Å². The molecule has 0 bridgehead atoms. The molecule has 2 aromatic carbocycles. The van der Waals surface area contributed by atoms with Gasteiger partial charge in [0.15, 0.2) is 0 Å². The van der Waals surface area contributed by atoms with Crippen LogP contribution in [0.1, 0.15) is 65.7 Å². The molecule has 2 heteroatoms. The van der Waals surface area contributed by atoms with Gasteiger partial charge in [0.25, 0.3) is 5.91 Å². The van der Waals surface area contributed by atoms with Gasteiger partial charge in [0.1, 0.15) is 0 Å². The third kappa shape index (κ3) is 3.06. The van der Waals surface area contributed by atoms with Crippen LogP contribution in [0, 0.1) is 0 Å². The topological polar surface area (TPSA) is 29.1 Å². The average molecular weight is 293 g/mol. The maximum atomic E-state index is 12.5. The van der Waals surface area contributed by atoms with Gasteiger partial charge in [-0.3, -0.25) is 4.79 Å². The maximum absolute atomic E-state index is 12.5. The van der Waals surface area contributed by atoms with Gasteiger partial charge < -0.3 is 5.32 Å². The van der Waals surface area contributed by atoms with Gasteiger partial charge in [-0.2, -0.15) is 0 Å². The number of benzene rings is 2. The van der Waals surface area contributed by atoms with Crippen molar-refractivity contribution in [1.82, 2.24) is 5.32 Å². The molecule has 1 N–H and O–H groups in total. The van der Waals surface area contributed by atoms with Crippen molar-refractivity contribution in [3.8, 4) is 0 Å². The van der Waals surface area contributed by atoms with E-state index in [0.29, 0.717) is 5.92 Å². The quantitative estimate of drug-likeness (QED) is 0.879. The summed E-state index contributed by atoms with van der Waals surface area (Å²) in [4.78, 5) is 12.5. The molecule has 114 valence electrons. The minimum Gasteiger partial charge on any atom is -0.345 e. The molecule has 1 atom stereocenters. The first kappa shape index (κ1) is 14.8. The van der Waals surface area contributed by atoms with Crippen LogP contribution in [0.15, 0.2) is 48.5 Å². The highest BCUT2D eigenvalue weighted by Crippen LogP contribution is 2.29. The number of hydrogen-bond donors (Lipinski definition) is 1. The predicted octanol–water partition coefficient (Wildman–Crippen LogP) is 4.62. The van der Waals surface area contributed by atoms with Gasteiger partial charge >= 0.3 is 0 Å². The number of nitrogens with one attached hydrogen (secondary N) is 1. The summed E-state index contributed by atoms with van der Waals surface area (Å²) in [5, 5.41) is 3.20. The summed E-state index contributed by atoms with van der Waals surface area (Å²) in [5.41, 5.74) is 4.65. The Bertz CT molecular complexity index is 658. The molecule has 0 spiro atoms. The molecule has 0 saturated carbocycles. The second-order valence-corrected chi connectivity index (χ2v) is 6.39. The number of amides is 1. The van der Waals surface area contributed by atoms with Gasteiger partial charge in [0.05, 0.1) is 6.04 Å². The number of rotatable bonds is 3. The van der Waals surface area contributed by atoms with Crippen molar-refractivity contribution >= 4 is 5.91 Å². The molecule has 0 unspecified atom stereocenters. The summed E-state index contributed by atoms with van der Waals surface area (Å²) in [6.45, 7) is 4.32. The summed E-state index contributed by atoms with van der Waals surface area (Å²) >= 11 is 0. The molecule has 22 heavy (non-hydrogen) atoms. The Balaban J connectivity index is 1.75. The standard InChI is InChI=1S/C20H23NO/c1-14(2)15-10-12-17(13-11-15)20(22)21-19-9-5-7-16-6-3-4-8-18(16)19/h3-4,6,8,10-14,19H,5,7,9H2,1-2H3,(H,21,22)/t19-/m0/s1. The second kappa shape index (κ2) is 6.35. The summed E-state index contributed by atoms with van der Waals surface area (Å²) in [6.07, 6.45) is 3.27. The van der Waals surface area contributed by atoms with Crippen molar-refractivity contribution in [1.29, 1.82) is 0 Å². The van der Waals surface area contributed by atoms with E-state index in [1.807, 2.05) is 24.3 Å². The van der Waals surface area contributed by atoms with Crippen LogP contribution in [0.2, 0.25) is 0 Å². The molecule has 0 radical (unpaired) electrons. The van der Waals surface area contributed by atoms with E-state index in [0.717, 1.165) is 24.8 Å². The number of aryl methyl sites for hydroxylation is 1. The van der Waals surface area contributed by atoms with Crippen molar-refractivity contribution < 1.29 is 4.79 Å². The normalized spacial score (nSPS) is 17.1. The third-order valence-electron chi connectivity index (χ3n) is 4.51. The Morgan fingerprint density at radius 3 is 2.55 bits per heavy atom. The highest BCUT2D eigenvalue weighted by atomic mass is 16.1. The Morgan fingerprint density at radius 1 is 1.09 bits per heavy atom. The van der Waals surface area contributed by atoms with Gasteiger partial charge in [-0.1, -0.05) is 50.2 Å². The lowest BCUT2D eigenvalue weighted by Crippen LogP contribution is -2.30. The van der Waals surface area contributed by atoms with Gasteiger partial charge in [0.2, 0.25) is 0 Å². The molecule has 0 aliphatic heterocycles. The summed E-state index contributed by atoms with van der Waals surface area (Å²) in [5.74, 6) is 0.513. The summed E-state index contributed by atoms with van der Waals surface area (Å²) in [7, 11) is 0. The Kier molecular flexibility index (Phi) is 4.28. The van der Waals surface area contributed by atoms with Gasteiger partial charge in [-0.15, -0.1) is 0 Å². The number of fused-ring (bicyclic) bond motifs is 1. The predicted molar refractivity (Wildman–Crippen MR) is 90.1 cm³/mol. The molecule has 3 rings (SSSR count).